The molecule has 56 valence electrons. The van der Waals surface area contributed by atoms with E-state index < -0.39 is 0 Å². The van der Waals surface area contributed by atoms with E-state index in [0.717, 1.165) is 5.69 Å². The number of hydrogen-bond acceptors (Lipinski definition) is 4. The zero-order valence-electron chi connectivity index (χ0n) is 5.58. The number of aromatic nitrogens is 1. The molecule has 0 aliphatic heterocycles. The van der Waals surface area contributed by atoms with E-state index in [-0.39, 0.29) is 6.61 Å². The molecule has 0 aliphatic carbocycles. The van der Waals surface area contributed by atoms with Gasteiger partial charge in [0.2, 0.25) is 0 Å². The molecule has 0 saturated heterocycles. The highest BCUT2D eigenvalue weighted by molar-refractivity contribution is 5.04. The van der Waals surface area contributed by atoms with Gasteiger partial charge in [0, 0.05) is 19.0 Å². The highest BCUT2D eigenvalue weighted by Crippen LogP contribution is 2.02. The normalized spacial score (nSPS) is 10.2. The van der Waals surface area contributed by atoms with Crippen LogP contribution in [0.2, 0.25) is 0 Å². The summed E-state index contributed by atoms with van der Waals surface area (Å²) in [5.41, 5.74) is 6.00. The van der Waals surface area contributed by atoms with Crippen molar-refractivity contribution in [2.75, 3.05) is 6.61 Å². The minimum atomic E-state index is 0.0825. The van der Waals surface area contributed by atoms with Crippen molar-refractivity contribution in [1.29, 1.82) is 0 Å². The van der Waals surface area contributed by atoms with Gasteiger partial charge in [0.15, 0.2) is 0 Å². The topological polar surface area (TPSA) is 72.3 Å². The Kier molecular flexibility index (Phi) is 2.42. The molecule has 0 unspecified atom stereocenters. The van der Waals surface area contributed by atoms with Gasteiger partial charge in [-0.05, 0) is 0 Å². The molecule has 0 radical (unpaired) electrons. The van der Waals surface area contributed by atoms with Gasteiger partial charge in [-0.1, -0.05) is 5.16 Å². The predicted molar refractivity (Wildman–Crippen MR) is 35.2 cm³/mol. The summed E-state index contributed by atoms with van der Waals surface area (Å²) in [4.78, 5) is 0. The molecule has 1 aromatic rings. The van der Waals surface area contributed by atoms with E-state index in [2.05, 4.69) is 5.16 Å². The van der Waals surface area contributed by atoms with E-state index >= 15 is 0 Å². The molecule has 0 aromatic carbocycles. The molecule has 0 fully saturated rings. The Hall–Kier alpha value is -0.870. The van der Waals surface area contributed by atoms with Crippen LogP contribution in [0.5, 0.6) is 0 Å². The van der Waals surface area contributed by atoms with Crippen LogP contribution in [0, 0.1) is 0 Å². The van der Waals surface area contributed by atoms with Crippen LogP contribution in [0.4, 0.5) is 0 Å². The van der Waals surface area contributed by atoms with Crippen LogP contribution in [0.3, 0.4) is 0 Å². The molecule has 0 bridgehead atoms. The first-order valence-electron chi connectivity index (χ1n) is 3.12. The van der Waals surface area contributed by atoms with Gasteiger partial charge in [0.1, 0.15) is 5.76 Å². The third kappa shape index (κ3) is 1.55. The lowest BCUT2D eigenvalue weighted by molar-refractivity contribution is 0.277. The van der Waals surface area contributed by atoms with E-state index in [4.69, 9.17) is 15.4 Å². The molecule has 0 atom stereocenters. The fourth-order valence-corrected chi connectivity index (χ4v) is 0.680. The lowest BCUT2D eigenvalue weighted by Crippen LogP contribution is -1.95. The van der Waals surface area contributed by atoms with Gasteiger partial charge in [-0.2, -0.15) is 0 Å². The molecule has 1 aromatic heterocycles. The van der Waals surface area contributed by atoms with Crippen molar-refractivity contribution in [3.63, 3.8) is 0 Å². The van der Waals surface area contributed by atoms with Crippen molar-refractivity contribution in [2.24, 2.45) is 5.73 Å². The first kappa shape index (κ1) is 7.24. The summed E-state index contributed by atoms with van der Waals surface area (Å²) < 4.78 is 4.81. The van der Waals surface area contributed by atoms with Gasteiger partial charge in [-0.25, -0.2) is 0 Å². The summed E-state index contributed by atoms with van der Waals surface area (Å²) in [6.07, 6.45) is 0.507. The SMILES string of the molecule is NCc1cc(CCO)on1. The van der Waals surface area contributed by atoms with Crippen molar-refractivity contribution in [3.8, 4) is 0 Å². The zero-order valence-corrected chi connectivity index (χ0v) is 5.58. The summed E-state index contributed by atoms with van der Waals surface area (Å²) in [6.45, 7) is 0.466. The second-order valence-electron chi connectivity index (χ2n) is 1.96. The number of hydrogen-bond donors (Lipinski definition) is 2. The summed E-state index contributed by atoms with van der Waals surface area (Å²) in [6, 6.07) is 1.75. The minimum Gasteiger partial charge on any atom is -0.396 e. The molecular weight excluding hydrogens is 132 g/mol. The highest BCUT2D eigenvalue weighted by atomic mass is 16.5. The van der Waals surface area contributed by atoms with Gasteiger partial charge >= 0.3 is 0 Å². The Morgan fingerprint density at radius 2 is 2.50 bits per heavy atom. The van der Waals surface area contributed by atoms with Gasteiger partial charge < -0.3 is 15.4 Å². The van der Waals surface area contributed by atoms with Crippen LogP contribution in [0.1, 0.15) is 11.5 Å². The minimum absolute atomic E-state index is 0.0825. The average Bonchev–Trinajstić information content (AvgIpc) is 2.37. The van der Waals surface area contributed by atoms with Crippen molar-refractivity contribution in [3.05, 3.63) is 17.5 Å². The summed E-state index contributed by atoms with van der Waals surface area (Å²) in [5, 5.41) is 12.1. The number of nitrogens with two attached hydrogens (primary N) is 1. The molecule has 1 rings (SSSR count). The standard InChI is InChI=1S/C6H10N2O2/c7-4-5-3-6(1-2-9)10-8-5/h3,9H,1-2,4,7H2. The molecule has 3 N–H and O–H groups in total. The molecular formula is C6H10N2O2. The molecule has 4 heteroatoms. The summed E-state index contributed by atoms with van der Waals surface area (Å²) in [5.74, 6) is 0.683. The lowest BCUT2D eigenvalue weighted by atomic mass is 10.3. The number of rotatable bonds is 3. The van der Waals surface area contributed by atoms with Crippen LogP contribution in [0.25, 0.3) is 0 Å². The van der Waals surface area contributed by atoms with E-state index in [0.29, 0.717) is 18.7 Å². The number of nitrogens with zero attached hydrogens (tertiary/aromatic N) is 1. The van der Waals surface area contributed by atoms with Crippen LogP contribution in [0.15, 0.2) is 10.6 Å². The Morgan fingerprint density at radius 1 is 1.70 bits per heavy atom. The largest absolute Gasteiger partial charge is 0.396 e. The number of aliphatic hydroxyl groups is 1. The summed E-state index contributed by atoms with van der Waals surface area (Å²) >= 11 is 0. The quantitative estimate of drug-likeness (QED) is 0.606. The highest BCUT2D eigenvalue weighted by Gasteiger charge is 1.99. The van der Waals surface area contributed by atoms with E-state index in [1.165, 1.54) is 0 Å². The van der Waals surface area contributed by atoms with Crippen molar-refractivity contribution < 1.29 is 9.63 Å². The second kappa shape index (κ2) is 3.34. The smallest absolute Gasteiger partial charge is 0.139 e. The first-order chi connectivity index (χ1) is 4.86. The zero-order chi connectivity index (χ0) is 7.40. The molecule has 10 heavy (non-hydrogen) atoms. The number of aliphatic hydroxyl groups excluding tert-OH is 1. The van der Waals surface area contributed by atoms with E-state index in [1.54, 1.807) is 6.07 Å². The van der Waals surface area contributed by atoms with Crippen LogP contribution in [-0.4, -0.2) is 16.9 Å². The molecule has 0 spiro atoms. The fraction of sp³-hybridized carbons (Fsp3) is 0.500. The van der Waals surface area contributed by atoms with Crippen LogP contribution in [-0.2, 0) is 13.0 Å². The molecule has 4 nitrogen and oxygen atoms in total. The van der Waals surface area contributed by atoms with E-state index in [9.17, 15) is 0 Å². The van der Waals surface area contributed by atoms with Gasteiger partial charge in [-0.15, -0.1) is 0 Å². The Labute approximate surface area is 58.6 Å². The first-order valence-corrected chi connectivity index (χ1v) is 3.12. The maximum Gasteiger partial charge on any atom is 0.139 e. The Bertz CT molecular complexity index is 197. The van der Waals surface area contributed by atoms with Crippen molar-refractivity contribution in [1.82, 2.24) is 5.16 Å². The van der Waals surface area contributed by atoms with Gasteiger partial charge in [0.05, 0.1) is 12.3 Å². The van der Waals surface area contributed by atoms with Crippen LogP contribution >= 0.6 is 0 Å². The predicted octanol–water partition coefficient (Wildman–Crippen LogP) is -0.332. The molecule has 0 saturated carbocycles. The monoisotopic (exact) mass is 142 g/mol. The third-order valence-corrected chi connectivity index (χ3v) is 1.18. The van der Waals surface area contributed by atoms with Crippen molar-refractivity contribution >= 4 is 0 Å². The lowest BCUT2D eigenvalue weighted by Gasteiger charge is -1.83. The third-order valence-electron chi connectivity index (χ3n) is 1.18. The molecule has 0 amide bonds. The maximum atomic E-state index is 8.48. The van der Waals surface area contributed by atoms with Gasteiger partial charge in [0.25, 0.3) is 0 Å². The van der Waals surface area contributed by atoms with E-state index in [1.807, 2.05) is 0 Å². The second-order valence-corrected chi connectivity index (χ2v) is 1.96. The Morgan fingerprint density at radius 3 is 3.00 bits per heavy atom. The average molecular weight is 142 g/mol. The van der Waals surface area contributed by atoms with Crippen LogP contribution < -0.4 is 5.73 Å². The molecule has 0 aliphatic rings. The molecule has 1 heterocycles. The fourth-order valence-electron chi connectivity index (χ4n) is 0.680. The Balaban J connectivity index is 2.59. The van der Waals surface area contributed by atoms with Gasteiger partial charge in [-0.3, -0.25) is 0 Å². The van der Waals surface area contributed by atoms with Crippen molar-refractivity contribution in [2.45, 2.75) is 13.0 Å². The maximum absolute atomic E-state index is 8.48. The summed E-state index contributed by atoms with van der Waals surface area (Å²) in [7, 11) is 0.